The van der Waals surface area contributed by atoms with E-state index in [-0.39, 0.29) is 0 Å². The summed E-state index contributed by atoms with van der Waals surface area (Å²) in [5.41, 5.74) is 0.332. The van der Waals surface area contributed by atoms with Crippen molar-refractivity contribution in [1.82, 2.24) is 0 Å². The van der Waals surface area contributed by atoms with Gasteiger partial charge in [-0.2, -0.15) is 20.2 Å². The zero-order chi connectivity index (χ0) is 11.3. The van der Waals surface area contributed by atoms with Crippen LogP contribution in [0.1, 0.15) is 17.5 Å². The number of halogens is 3. The molecule has 0 saturated carbocycles. The maximum Gasteiger partial charge on any atom is 0.416 e. The monoisotopic (exact) mass is 216 g/mol. The molecule has 1 aromatic carbocycles. The van der Waals surface area contributed by atoms with Gasteiger partial charge in [0.05, 0.1) is 5.56 Å². The molecule has 0 aliphatic heterocycles. The van der Waals surface area contributed by atoms with Gasteiger partial charge in [-0.15, -0.1) is 6.54 Å². The second kappa shape index (κ2) is 5.16. The number of nitrogens with zero attached hydrogens (tertiary/aromatic N) is 1. The van der Waals surface area contributed by atoms with Gasteiger partial charge in [-0.3, -0.25) is 0 Å². The number of hydrogen-bond donors (Lipinski definition) is 0. The number of hydrogen-bond acceptors (Lipinski definition) is 0. The van der Waals surface area contributed by atoms with E-state index in [1.54, 1.807) is 7.05 Å². The van der Waals surface area contributed by atoms with Crippen molar-refractivity contribution in [3.05, 3.63) is 40.7 Å². The molecule has 1 nitrogen and oxygen atoms in total. The fourth-order valence-corrected chi connectivity index (χ4v) is 1.30. The molecule has 0 N–H and O–H groups in total. The molecule has 0 atom stereocenters. The first kappa shape index (κ1) is 12.0. The van der Waals surface area contributed by atoms with Crippen molar-refractivity contribution >= 4 is 0 Å². The van der Waals surface area contributed by atoms with Crippen LogP contribution in [0.4, 0.5) is 13.2 Å². The van der Waals surface area contributed by atoms with Crippen LogP contribution >= 0.6 is 0 Å². The van der Waals surface area contributed by atoms with Gasteiger partial charge in [-0.1, -0.05) is 18.6 Å². The van der Waals surface area contributed by atoms with Crippen molar-refractivity contribution in [2.24, 2.45) is 0 Å². The van der Waals surface area contributed by atoms with Gasteiger partial charge >= 0.3 is 6.18 Å². The molecule has 0 radical (unpaired) electrons. The quantitative estimate of drug-likeness (QED) is 0.682. The summed E-state index contributed by atoms with van der Waals surface area (Å²) in [4.78, 5) is 0. The third-order valence-electron chi connectivity index (χ3n) is 2.13. The summed E-state index contributed by atoms with van der Waals surface area (Å²) in [6.07, 6.45) is -2.59. The van der Waals surface area contributed by atoms with Gasteiger partial charge in [-0.05, 0) is 24.1 Å². The lowest BCUT2D eigenvalue weighted by Gasteiger charge is -2.11. The Kier molecular flexibility index (Phi) is 4.15. The number of benzene rings is 1. The molecule has 0 fully saturated rings. The van der Waals surface area contributed by atoms with Crippen LogP contribution in [0.3, 0.4) is 0 Å². The van der Waals surface area contributed by atoms with Gasteiger partial charge in [0.15, 0.2) is 0 Å². The minimum Gasteiger partial charge on any atom is -0.665 e. The number of rotatable bonds is 4. The van der Waals surface area contributed by atoms with Gasteiger partial charge in [0, 0.05) is 0 Å². The standard InChI is InChI=1S/C11H13F3N/c1-15-8-2-3-9-4-6-10(7-5-9)11(12,13)14/h4-7H,2-3,8H2,1H3/q-1. The summed E-state index contributed by atoms with van der Waals surface area (Å²) in [5, 5.41) is 3.93. The van der Waals surface area contributed by atoms with Gasteiger partial charge in [0.2, 0.25) is 0 Å². The molecule has 84 valence electrons. The molecule has 0 aliphatic carbocycles. The van der Waals surface area contributed by atoms with E-state index in [9.17, 15) is 13.2 Å². The molecule has 0 unspecified atom stereocenters. The van der Waals surface area contributed by atoms with E-state index in [0.717, 1.165) is 37.1 Å². The van der Waals surface area contributed by atoms with Crippen LogP contribution in [0.25, 0.3) is 5.32 Å². The summed E-state index contributed by atoms with van der Waals surface area (Å²) >= 11 is 0. The van der Waals surface area contributed by atoms with E-state index >= 15 is 0 Å². The van der Waals surface area contributed by atoms with Crippen LogP contribution in [0.5, 0.6) is 0 Å². The lowest BCUT2D eigenvalue weighted by molar-refractivity contribution is -0.137. The summed E-state index contributed by atoms with van der Waals surface area (Å²) < 4.78 is 36.6. The average molecular weight is 216 g/mol. The van der Waals surface area contributed by atoms with Crippen LogP contribution in [-0.2, 0) is 12.6 Å². The van der Waals surface area contributed by atoms with Crippen LogP contribution < -0.4 is 0 Å². The first-order valence-electron chi connectivity index (χ1n) is 4.76. The Morgan fingerprint density at radius 3 is 2.20 bits per heavy atom. The normalized spacial score (nSPS) is 11.7. The van der Waals surface area contributed by atoms with Gasteiger partial charge in [0.25, 0.3) is 0 Å². The molecular weight excluding hydrogens is 203 g/mol. The van der Waals surface area contributed by atoms with E-state index in [0.29, 0.717) is 0 Å². The molecule has 4 heteroatoms. The molecule has 0 aromatic heterocycles. The first-order chi connectivity index (χ1) is 7.04. The highest BCUT2D eigenvalue weighted by Crippen LogP contribution is 2.29. The Labute approximate surface area is 87.3 Å². The third kappa shape index (κ3) is 3.91. The van der Waals surface area contributed by atoms with Crippen LogP contribution in [-0.4, -0.2) is 13.6 Å². The molecule has 15 heavy (non-hydrogen) atoms. The van der Waals surface area contributed by atoms with Crippen LogP contribution in [0.2, 0.25) is 0 Å². The number of aryl methyl sites for hydroxylation is 1. The Bertz CT molecular complexity index is 290. The second-order valence-electron chi connectivity index (χ2n) is 3.34. The lowest BCUT2D eigenvalue weighted by atomic mass is 10.1. The summed E-state index contributed by atoms with van der Waals surface area (Å²) in [5.74, 6) is 0. The SMILES string of the molecule is C[N-]CCCc1ccc(C(F)(F)F)cc1. The van der Waals surface area contributed by atoms with Gasteiger partial charge in [-0.25, -0.2) is 0 Å². The first-order valence-corrected chi connectivity index (χ1v) is 4.76. The smallest absolute Gasteiger partial charge is 0.416 e. The predicted octanol–water partition coefficient (Wildman–Crippen LogP) is 3.64. The highest BCUT2D eigenvalue weighted by atomic mass is 19.4. The predicted molar refractivity (Wildman–Crippen MR) is 53.9 cm³/mol. The van der Waals surface area contributed by atoms with Crippen molar-refractivity contribution in [3.63, 3.8) is 0 Å². The second-order valence-corrected chi connectivity index (χ2v) is 3.34. The van der Waals surface area contributed by atoms with E-state index in [2.05, 4.69) is 5.32 Å². The largest absolute Gasteiger partial charge is 0.665 e. The summed E-state index contributed by atoms with van der Waals surface area (Å²) in [7, 11) is 1.73. The lowest BCUT2D eigenvalue weighted by Crippen LogP contribution is -2.04. The van der Waals surface area contributed by atoms with Crippen molar-refractivity contribution < 1.29 is 13.2 Å². The minimum atomic E-state index is -4.24. The van der Waals surface area contributed by atoms with Crippen LogP contribution in [0, 0.1) is 0 Å². The maximum absolute atomic E-state index is 12.2. The Morgan fingerprint density at radius 1 is 1.13 bits per heavy atom. The summed E-state index contributed by atoms with van der Waals surface area (Å²) in [6.45, 7) is 0.751. The van der Waals surface area contributed by atoms with Crippen molar-refractivity contribution in [2.75, 3.05) is 13.6 Å². The average Bonchev–Trinajstić information content (AvgIpc) is 2.18. The summed E-state index contributed by atoms with van der Waals surface area (Å²) in [6, 6.07) is 5.30. The fourth-order valence-electron chi connectivity index (χ4n) is 1.30. The third-order valence-corrected chi connectivity index (χ3v) is 2.13. The topological polar surface area (TPSA) is 14.1 Å². The molecule has 0 spiro atoms. The molecule has 1 rings (SSSR count). The van der Waals surface area contributed by atoms with E-state index < -0.39 is 11.7 Å². The molecule has 0 amide bonds. The van der Waals surface area contributed by atoms with E-state index in [1.165, 1.54) is 12.1 Å². The van der Waals surface area contributed by atoms with Gasteiger partial charge in [0.1, 0.15) is 0 Å². The van der Waals surface area contributed by atoms with E-state index in [4.69, 9.17) is 0 Å². The molecule has 0 bridgehead atoms. The van der Waals surface area contributed by atoms with Gasteiger partial charge < -0.3 is 5.32 Å². The fraction of sp³-hybridized carbons (Fsp3) is 0.455. The zero-order valence-corrected chi connectivity index (χ0v) is 8.51. The van der Waals surface area contributed by atoms with Crippen molar-refractivity contribution in [2.45, 2.75) is 19.0 Å². The molecule has 0 saturated heterocycles. The Hall–Kier alpha value is -1.03. The van der Waals surface area contributed by atoms with Crippen molar-refractivity contribution in [1.29, 1.82) is 0 Å². The van der Waals surface area contributed by atoms with Crippen molar-refractivity contribution in [3.8, 4) is 0 Å². The Balaban J connectivity index is 2.57. The zero-order valence-electron chi connectivity index (χ0n) is 8.51. The molecule has 1 aromatic rings. The Morgan fingerprint density at radius 2 is 1.73 bits per heavy atom. The number of alkyl halides is 3. The molecular formula is C11H13F3N-. The molecule has 0 aliphatic rings. The van der Waals surface area contributed by atoms with E-state index in [1.807, 2.05) is 0 Å². The highest BCUT2D eigenvalue weighted by Gasteiger charge is 2.29. The highest BCUT2D eigenvalue weighted by molar-refractivity contribution is 5.24. The maximum atomic E-state index is 12.2. The molecule has 0 heterocycles. The minimum absolute atomic E-state index is 0.591. The van der Waals surface area contributed by atoms with Crippen LogP contribution in [0.15, 0.2) is 24.3 Å².